The number of nitrogens with zero attached hydrogens (tertiary/aromatic N) is 4. The van der Waals surface area contributed by atoms with E-state index in [4.69, 9.17) is 34.4 Å². The number of aryl methyl sites for hydroxylation is 1. The number of likely N-dealkylation sites (N-methyl/N-ethyl adjacent to an activating group) is 2. The summed E-state index contributed by atoms with van der Waals surface area (Å²) in [6.07, 6.45) is -0.183. The average Bonchev–Trinajstić information content (AvgIpc) is 4.03. The zero-order valence-corrected chi connectivity index (χ0v) is 45.7. The minimum absolute atomic E-state index is 0.0110. The van der Waals surface area contributed by atoms with Crippen molar-refractivity contribution >= 4 is 58.4 Å². The van der Waals surface area contributed by atoms with Crippen LogP contribution in [0.2, 0.25) is 0 Å². The van der Waals surface area contributed by atoms with Gasteiger partial charge in [0.25, 0.3) is 5.56 Å². The third-order valence-corrected chi connectivity index (χ3v) is 13.7. The Balaban J connectivity index is 0.972. The van der Waals surface area contributed by atoms with Crippen LogP contribution in [0.1, 0.15) is 88.6 Å². The molecule has 0 bridgehead atoms. The molecule has 7 N–H and O–H groups in total. The fourth-order valence-corrected chi connectivity index (χ4v) is 8.96. The number of esters is 1. The van der Waals surface area contributed by atoms with Crippen molar-refractivity contribution in [1.82, 2.24) is 35.3 Å². The van der Waals surface area contributed by atoms with Crippen LogP contribution in [0.4, 0.5) is 20.1 Å². The summed E-state index contributed by atoms with van der Waals surface area (Å²) >= 11 is 0. The number of carbonyl (C=O) groups is 7. The summed E-state index contributed by atoms with van der Waals surface area (Å²) in [6.45, 7) is 12.5. The van der Waals surface area contributed by atoms with Crippen molar-refractivity contribution in [3.8, 4) is 17.1 Å². The van der Waals surface area contributed by atoms with E-state index in [9.17, 15) is 43.5 Å². The standard InChI is InChI=1S/C55H73N9O14/c1-9-37-38-26-36(17-18-42(38)60-47-39(37)28-64-44(47)27-41-40(50(64)68)30-76-51(69)55(41,73)10-2)78-54(72)63(8)22-21-62(7)53(71)77-29-34-13-15-35(16-14-34)59-48(66)43(12-11-19-58-52(56)70)61-49(67)46(33(5)6)57-20-23-74-24-25-75-31-45(65)32(3)4/h13-18,26-27,32-33,43,46,57,73H,9-12,19-25,28-31H2,1-8H3,(H,59,66)(H,61,67)(H3,56,58,70)/t43-,46-,55-/m0/s1. The van der Waals surface area contributed by atoms with Gasteiger partial charge >= 0.3 is 24.2 Å². The molecule has 4 heterocycles. The number of amides is 6. The van der Waals surface area contributed by atoms with Gasteiger partial charge in [-0.15, -0.1) is 0 Å². The number of nitrogens with two attached hydrogens (primary N) is 1. The van der Waals surface area contributed by atoms with E-state index in [2.05, 4.69) is 21.3 Å². The number of urea groups is 1. The molecule has 0 unspecified atom stereocenters. The van der Waals surface area contributed by atoms with Crippen molar-refractivity contribution in [1.29, 1.82) is 0 Å². The number of hydrogen-bond acceptors (Lipinski definition) is 16. The Bertz CT molecular complexity index is 2910. The lowest BCUT2D eigenvalue weighted by molar-refractivity contribution is -0.172. The number of benzene rings is 2. The van der Waals surface area contributed by atoms with Crippen molar-refractivity contribution in [2.24, 2.45) is 17.6 Å². The highest BCUT2D eigenvalue weighted by atomic mass is 16.6. The number of pyridine rings is 2. The highest BCUT2D eigenvalue weighted by Crippen LogP contribution is 2.41. The number of carbonyl (C=O) groups excluding carboxylic acids is 7. The van der Waals surface area contributed by atoms with Crippen LogP contribution in [0.25, 0.3) is 22.3 Å². The van der Waals surface area contributed by atoms with E-state index in [1.165, 1.54) is 23.9 Å². The molecule has 0 fully saturated rings. The van der Waals surface area contributed by atoms with Crippen LogP contribution in [-0.4, -0.2) is 145 Å². The molecule has 4 aromatic rings. The van der Waals surface area contributed by atoms with Crippen LogP contribution < -0.4 is 37.3 Å². The number of fused-ring (bicyclic) bond motifs is 5. The number of anilines is 1. The molecule has 0 spiro atoms. The lowest BCUT2D eigenvalue weighted by Gasteiger charge is -2.31. The highest BCUT2D eigenvalue weighted by Gasteiger charge is 2.45. The zero-order valence-electron chi connectivity index (χ0n) is 45.7. The quantitative estimate of drug-likeness (QED) is 0.0319. The molecule has 0 radical (unpaired) electrons. The first-order chi connectivity index (χ1) is 37.2. The second kappa shape index (κ2) is 27.2. The molecule has 2 aromatic heterocycles. The van der Waals surface area contributed by atoms with Gasteiger partial charge in [0.1, 0.15) is 31.6 Å². The van der Waals surface area contributed by atoms with Crippen LogP contribution in [0.3, 0.4) is 0 Å². The maximum atomic E-state index is 13.7. The first-order valence-corrected chi connectivity index (χ1v) is 26.3. The third-order valence-electron chi connectivity index (χ3n) is 13.7. The largest absolute Gasteiger partial charge is 0.458 e. The first-order valence-electron chi connectivity index (χ1n) is 26.3. The van der Waals surface area contributed by atoms with Gasteiger partial charge in [0, 0.05) is 68.4 Å². The van der Waals surface area contributed by atoms with E-state index < -0.39 is 53.7 Å². The van der Waals surface area contributed by atoms with Crippen LogP contribution in [0, 0.1) is 11.8 Å². The number of aliphatic hydroxyl groups is 1. The van der Waals surface area contributed by atoms with E-state index in [0.29, 0.717) is 47.5 Å². The average molecular weight is 1080 g/mol. The fourth-order valence-electron chi connectivity index (χ4n) is 8.96. The zero-order chi connectivity index (χ0) is 56.8. The lowest BCUT2D eigenvalue weighted by atomic mass is 9.86. The predicted octanol–water partition coefficient (Wildman–Crippen LogP) is 4.09. The molecule has 422 valence electrons. The number of ether oxygens (including phenoxy) is 5. The molecular weight excluding hydrogens is 1010 g/mol. The maximum absolute atomic E-state index is 13.7. The Morgan fingerprint density at radius 2 is 1.59 bits per heavy atom. The van der Waals surface area contributed by atoms with Gasteiger partial charge in [-0.1, -0.05) is 53.7 Å². The Morgan fingerprint density at radius 1 is 0.885 bits per heavy atom. The van der Waals surface area contributed by atoms with E-state index in [-0.39, 0.29) is 119 Å². The minimum atomic E-state index is -1.94. The highest BCUT2D eigenvalue weighted by molar-refractivity contribution is 5.98. The van der Waals surface area contributed by atoms with E-state index in [1.54, 1.807) is 60.0 Å². The van der Waals surface area contributed by atoms with Crippen molar-refractivity contribution in [2.45, 2.75) is 105 Å². The minimum Gasteiger partial charge on any atom is -0.458 e. The monoisotopic (exact) mass is 1080 g/mol. The van der Waals surface area contributed by atoms with Crippen LogP contribution in [-0.2, 0) is 69.9 Å². The first kappa shape index (κ1) is 59.8. The van der Waals surface area contributed by atoms with Gasteiger partial charge in [-0.2, -0.15) is 0 Å². The molecule has 3 atom stereocenters. The van der Waals surface area contributed by atoms with Crippen LogP contribution in [0.15, 0.2) is 53.3 Å². The van der Waals surface area contributed by atoms with Crippen molar-refractivity contribution in [3.63, 3.8) is 0 Å². The van der Waals surface area contributed by atoms with E-state index in [0.717, 1.165) is 16.5 Å². The molecule has 2 aliphatic rings. The predicted molar refractivity (Wildman–Crippen MR) is 287 cm³/mol. The molecular formula is C55H73N9O14. The van der Waals surface area contributed by atoms with Gasteiger partial charge in [0.15, 0.2) is 11.4 Å². The molecule has 2 aliphatic heterocycles. The fraction of sp³-hybridized carbons (Fsp3) is 0.509. The molecule has 6 amide bonds. The summed E-state index contributed by atoms with van der Waals surface area (Å²) < 4.78 is 29.0. The number of cyclic esters (lactones) is 1. The third kappa shape index (κ3) is 14.8. The second-order valence-corrected chi connectivity index (χ2v) is 20.0. The van der Waals surface area contributed by atoms with Crippen molar-refractivity contribution in [2.75, 3.05) is 72.0 Å². The molecule has 23 nitrogen and oxygen atoms in total. The van der Waals surface area contributed by atoms with Crippen molar-refractivity contribution in [3.05, 3.63) is 86.7 Å². The van der Waals surface area contributed by atoms with Gasteiger partial charge in [-0.25, -0.2) is 24.2 Å². The Hall–Kier alpha value is -7.47. The molecule has 0 saturated heterocycles. The van der Waals surface area contributed by atoms with E-state index in [1.807, 2.05) is 34.6 Å². The number of rotatable bonds is 27. The second-order valence-electron chi connectivity index (χ2n) is 20.0. The topological polar surface area (TPSA) is 301 Å². The number of hydrogen-bond donors (Lipinski definition) is 6. The lowest BCUT2D eigenvalue weighted by Crippen LogP contribution is -2.53. The molecule has 23 heteroatoms. The molecule has 2 aromatic carbocycles. The summed E-state index contributed by atoms with van der Waals surface area (Å²) in [4.78, 5) is 110. The summed E-state index contributed by atoms with van der Waals surface area (Å²) in [5, 5.41) is 23.3. The number of nitrogens with one attached hydrogen (secondary N) is 4. The number of primary amides is 1. The van der Waals surface area contributed by atoms with Gasteiger partial charge in [0.2, 0.25) is 11.8 Å². The summed E-state index contributed by atoms with van der Waals surface area (Å²) in [5.41, 5.74) is 7.81. The van der Waals surface area contributed by atoms with Gasteiger partial charge in [-0.3, -0.25) is 19.2 Å². The Kier molecular flexibility index (Phi) is 20.9. The Labute approximate surface area is 452 Å². The van der Waals surface area contributed by atoms with Crippen molar-refractivity contribution < 1.29 is 62.4 Å². The van der Waals surface area contributed by atoms with Gasteiger partial charge in [-0.05, 0) is 79.1 Å². The Morgan fingerprint density at radius 3 is 2.26 bits per heavy atom. The number of Topliss-reactive ketones (excluding diaryl/α,β-unsaturated/α-hetero) is 1. The maximum Gasteiger partial charge on any atom is 0.415 e. The molecule has 6 rings (SSSR count). The molecule has 0 saturated carbocycles. The van der Waals surface area contributed by atoms with Gasteiger partial charge in [0.05, 0.1) is 54.9 Å². The van der Waals surface area contributed by atoms with E-state index >= 15 is 0 Å². The number of aromatic nitrogens is 2. The SMILES string of the molecule is CCc1c2c(nc3ccc(OC(=O)N(C)CCN(C)C(=O)OCc4ccc(NC(=O)[C@H](CCCNC(N)=O)NC(=O)[C@@H](NCCOCCOCC(=O)C(C)C)C(C)C)cc4)cc13)-c1cc3c(c(=O)n1C2)COC(=O)[C@]3(O)CC. The number of ketones is 1. The smallest absolute Gasteiger partial charge is 0.415 e. The summed E-state index contributed by atoms with van der Waals surface area (Å²) in [7, 11) is 3.07. The molecule has 78 heavy (non-hydrogen) atoms. The molecule has 0 aliphatic carbocycles. The van der Waals surface area contributed by atoms with Crippen LogP contribution in [0.5, 0.6) is 5.75 Å². The summed E-state index contributed by atoms with van der Waals surface area (Å²) in [6, 6.07) is 11.0. The van der Waals surface area contributed by atoms with Crippen LogP contribution >= 0.6 is 0 Å². The normalized spacial score (nSPS) is 15.1. The van der Waals surface area contributed by atoms with Gasteiger partial charge < -0.3 is 70.2 Å². The summed E-state index contributed by atoms with van der Waals surface area (Å²) in [5.74, 6) is -1.66.